The van der Waals surface area contributed by atoms with Gasteiger partial charge in [0.15, 0.2) is 0 Å². The number of thiol groups is 1. The molecule has 1 atom stereocenters. The van der Waals surface area contributed by atoms with E-state index in [0.29, 0.717) is 0 Å². The molecule has 0 saturated heterocycles. The van der Waals surface area contributed by atoms with Crippen LogP contribution in [-0.2, 0) is 5.60 Å². The summed E-state index contributed by atoms with van der Waals surface area (Å²) in [4.78, 5) is 0. The Morgan fingerprint density at radius 3 is 1.53 bits per heavy atom. The lowest BCUT2D eigenvalue weighted by Gasteiger charge is -2.32. The molecule has 0 bridgehead atoms. The van der Waals surface area contributed by atoms with Crippen molar-refractivity contribution in [3.05, 3.63) is 71.8 Å². The summed E-state index contributed by atoms with van der Waals surface area (Å²) in [5, 5.41) is 10.8. The van der Waals surface area contributed by atoms with Crippen LogP contribution in [0.5, 0.6) is 0 Å². The van der Waals surface area contributed by atoms with Crippen LogP contribution in [0.3, 0.4) is 0 Å². The number of benzene rings is 2. The van der Waals surface area contributed by atoms with Crippen molar-refractivity contribution in [3.8, 4) is 0 Å². The molecule has 0 aliphatic rings. The Labute approximate surface area is 108 Å². The third-order valence-corrected chi connectivity index (χ3v) is 3.41. The number of hydrogen-bond donors (Lipinski definition) is 2. The maximum atomic E-state index is 11.0. The zero-order chi connectivity index (χ0) is 12.3. The minimum Gasteiger partial charge on any atom is -0.379 e. The molecule has 2 aromatic carbocycles. The molecule has 0 radical (unpaired) electrons. The molecule has 2 aromatic rings. The predicted octanol–water partition coefficient (Wildman–Crippen LogP) is 3.24. The van der Waals surface area contributed by atoms with E-state index < -0.39 is 5.60 Å². The van der Waals surface area contributed by atoms with Crippen molar-refractivity contribution < 1.29 is 5.11 Å². The molecule has 0 heterocycles. The molecule has 0 fully saturated rings. The van der Waals surface area contributed by atoms with Gasteiger partial charge in [0.05, 0.1) is 0 Å². The Morgan fingerprint density at radius 2 is 1.24 bits per heavy atom. The van der Waals surface area contributed by atoms with Gasteiger partial charge in [0.1, 0.15) is 5.60 Å². The van der Waals surface area contributed by atoms with Crippen molar-refractivity contribution in [2.24, 2.45) is 0 Å². The van der Waals surface area contributed by atoms with Gasteiger partial charge in [0, 0.05) is 5.25 Å². The quantitative estimate of drug-likeness (QED) is 0.794. The van der Waals surface area contributed by atoms with Crippen molar-refractivity contribution in [2.45, 2.75) is 17.8 Å². The Balaban J connectivity index is 2.55. The minimum absolute atomic E-state index is 0.188. The van der Waals surface area contributed by atoms with Crippen molar-refractivity contribution >= 4 is 12.6 Å². The van der Waals surface area contributed by atoms with Crippen LogP contribution in [0.4, 0.5) is 0 Å². The van der Waals surface area contributed by atoms with Crippen LogP contribution in [0.25, 0.3) is 0 Å². The molecule has 1 nitrogen and oxygen atoms in total. The fourth-order valence-corrected chi connectivity index (χ4v) is 2.33. The highest BCUT2D eigenvalue weighted by atomic mass is 32.1. The lowest BCUT2D eigenvalue weighted by atomic mass is 9.84. The first kappa shape index (κ1) is 12.2. The molecule has 2 heteroatoms. The second-order valence-electron chi connectivity index (χ2n) is 4.17. The Bertz CT molecular complexity index is 425. The Morgan fingerprint density at radius 1 is 0.882 bits per heavy atom. The highest BCUT2D eigenvalue weighted by Crippen LogP contribution is 2.35. The molecule has 2 rings (SSSR count). The summed E-state index contributed by atoms with van der Waals surface area (Å²) in [6.07, 6.45) is 0. The summed E-state index contributed by atoms with van der Waals surface area (Å²) >= 11 is 4.45. The highest BCUT2D eigenvalue weighted by Gasteiger charge is 2.35. The van der Waals surface area contributed by atoms with E-state index in [1.165, 1.54) is 0 Å². The lowest BCUT2D eigenvalue weighted by Crippen LogP contribution is -2.35. The minimum atomic E-state index is -1.05. The maximum absolute atomic E-state index is 11.0. The summed E-state index contributed by atoms with van der Waals surface area (Å²) in [7, 11) is 0. The second kappa shape index (κ2) is 4.94. The fourth-order valence-electron chi connectivity index (χ4n) is 2.03. The standard InChI is InChI=1S/C15H16OS/c1-12(17)15(16,13-8-4-2-5-9-13)14-10-6-3-7-11-14/h2-12,16-17H,1H3. The van der Waals surface area contributed by atoms with Gasteiger partial charge in [0.2, 0.25) is 0 Å². The predicted molar refractivity (Wildman–Crippen MR) is 74.3 cm³/mol. The van der Waals surface area contributed by atoms with Gasteiger partial charge in [0.25, 0.3) is 0 Å². The molecule has 1 unspecified atom stereocenters. The van der Waals surface area contributed by atoms with Gasteiger partial charge in [-0.05, 0) is 11.1 Å². The second-order valence-corrected chi connectivity index (χ2v) is 4.95. The smallest absolute Gasteiger partial charge is 0.126 e. The van der Waals surface area contributed by atoms with Crippen molar-refractivity contribution in [1.29, 1.82) is 0 Å². The average Bonchev–Trinajstić information content (AvgIpc) is 2.39. The van der Waals surface area contributed by atoms with Crippen LogP contribution >= 0.6 is 12.6 Å². The van der Waals surface area contributed by atoms with E-state index >= 15 is 0 Å². The van der Waals surface area contributed by atoms with E-state index in [0.717, 1.165) is 11.1 Å². The molecular formula is C15H16OS. The van der Waals surface area contributed by atoms with Crippen molar-refractivity contribution in [1.82, 2.24) is 0 Å². The van der Waals surface area contributed by atoms with Gasteiger partial charge < -0.3 is 5.11 Å². The highest BCUT2D eigenvalue weighted by molar-refractivity contribution is 7.81. The molecule has 0 aromatic heterocycles. The SMILES string of the molecule is CC(S)C(O)(c1ccccc1)c1ccccc1. The van der Waals surface area contributed by atoms with Gasteiger partial charge in [-0.1, -0.05) is 67.6 Å². The summed E-state index contributed by atoms with van der Waals surface area (Å²) in [6, 6.07) is 19.3. The van der Waals surface area contributed by atoms with Crippen molar-refractivity contribution in [2.75, 3.05) is 0 Å². The van der Waals surface area contributed by atoms with Crippen LogP contribution in [0.1, 0.15) is 18.1 Å². The Hall–Kier alpha value is -1.25. The van der Waals surface area contributed by atoms with E-state index in [9.17, 15) is 5.11 Å². The van der Waals surface area contributed by atoms with E-state index in [2.05, 4.69) is 12.6 Å². The largest absolute Gasteiger partial charge is 0.379 e. The molecule has 0 aliphatic carbocycles. The van der Waals surface area contributed by atoms with Crippen LogP contribution < -0.4 is 0 Å². The molecule has 0 amide bonds. The molecule has 0 saturated carbocycles. The third kappa shape index (κ3) is 2.24. The monoisotopic (exact) mass is 244 g/mol. The van der Waals surface area contributed by atoms with E-state index in [4.69, 9.17) is 0 Å². The van der Waals surface area contributed by atoms with Gasteiger partial charge >= 0.3 is 0 Å². The zero-order valence-electron chi connectivity index (χ0n) is 9.75. The summed E-state index contributed by atoms with van der Waals surface area (Å²) in [5.74, 6) is 0. The number of rotatable bonds is 3. The molecule has 17 heavy (non-hydrogen) atoms. The molecule has 1 N–H and O–H groups in total. The van der Waals surface area contributed by atoms with E-state index in [-0.39, 0.29) is 5.25 Å². The maximum Gasteiger partial charge on any atom is 0.126 e. The summed E-state index contributed by atoms with van der Waals surface area (Å²) < 4.78 is 0. The van der Waals surface area contributed by atoms with E-state index in [1.807, 2.05) is 67.6 Å². The molecular weight excluding hydrogens is 228 g/mol. The van der Waals surface area contributed by atoms with Gasteiger partial charge in [-0.3, -0.25) is 0 Å². The third-order valence-electron chi connectivity index (χ3n) is 3.03. The summed E-state index contributed by atoms with van der Waals surface area (Å²) in [6.45, 7) is 1.91. The molecule has 0 spiro atoms. The zero-order valence-corrected chi connectivity index (χ0v) is 10.6. The summed E-state index contributed by atoms with van der Waals surface area (Å²) in [5.41, 5.74) is 0.688. The number of aliphatic hydroxyl groups is 1. The van der Waals surface area contributed by atoms with Crippen LogP contribution in [0.2, 0.25) is 0 Å². The lowest BCUT2D eigenvalue weighted by molar-refractivity contribution is 0.0832. The first-order valence-electron chi connectivity index (χ1n) is 5.67. The van der Waals surface area contributed by atoms with Gasteiger partial charge in [-0.25, -0.2) is 0 Å². The first-order chi connectivity index (χ1) is 8.15. The van der Waals surface area contributed by atoms with Crippen molar-refractivity contribution in [3.63, 3.8) is 0 Å². The molecule has 88 valence electrons. The first-order valence-corrected chi connectivity index (χ1v) is 6.19. The number of hydrogen-bond acceptors (Lipinski definition) is 2. The van der Waals surface area contributed by atoms with Crippen LogP contribution in [-0.4, -0.2) is 10.4 Å². The molecule has 0 aliphatic heterocycles. The normalized spacial score (nSPS) is 13.4. The van der Waals surface area contributed by atoms with E-state index in [1.54, 1.807) is 0 Å². The van der Waals surface area contributed by atoms with Gasteiger partial charge in [-0.2, -0.15) is 12.6 Å². The average molecular weight is 244 g/mol. The van der Waals surface area contributed by atoms with Gasteiger partial charge in [-0.15, -0.1) is 0 Å². The van der Waals surface area contributed by atoms with Crippen LogP contribution in [0.15, 0.2) is 60.7 Å². The van der Waals surface area contributed by atoms with Crippen LogP contribution in [0, 0.1) is 0 Å². The topological polar surface area (TPSA) is 20.2 Å². The Kier molecular flexibility index (Phi) is 3.55. The fraction of sp³-hybridized carbons (Fsp3) is 0.200.